The Bertz CT molecular complexity index is 560. The molecule has 1 aromatic heterocycles. The molecule has 1 fully saturated rings. The molecule has 5 nitrogen and oxygen atoms in total. The van der Waals surface area contributed by atoms with Gasteiger partial charge in [0, 0.05) is 46.8 Å². The number of nitrogens with two attached hydrogens (primary N) is 1. The molecule has 0 bridgehead atoms. The first kappa shape index (κ1) is 14.6. The Labute approximate surface area is 121 Å². The maximum Gasteiger partial charge on any atom is 0.245 e. The van der Waals surface area contributed by atoms with Gasteiger partial charge in [-0.2, -0.15) is 4.31 Å². The van der Waals surface area contributed by atoms with E-state index in [1.165, 1.54) is 15.6 Å². The second kappa shape index (κ2) is 5.68. The van der Waals surface area contributed by atoms with Crippen LogP contribution >= 0.6 is 27.3 Å². The molecular weight excluding hydrogens is 360 g/mol. The number of hydrogen-bond acceptors (Lipinski definition) is 5. The summed E-state index contributed by atoms with van der Waals surface area (Å²) in [6, 6.07) is 1.61. The van der Waals surface area contributed by atoms with Gasteiger partial charge in [-0.05, 0) is 22.0 Å². The molecule has 1 aliphatic rings. The summed E-state index contributed by atoms with van der Waals surface area (Å²) >= 11 is 4.60. The number of sulfonamides is 1. The molecule has 0 atom stereocenters. The Kier molecular flexibility index (Phi) is 4.61. The third kappa shape index (κ3) is 2.86. The molecule has 1 aliphatic heterocycles. The highest BCUT2D eigenvalue weighted by atomic mass is 79.9. The van der Waals surface area contributed by atoms with E-state index in [2.05, 4.69) is 15.9 Å². The SMILES string of the molecule is NCc1cc(S(=O)(=O)N2CCS(=O)CC2)c(Br)s1. The van der Waals surface area contributed by atoms with Crippen molar-refractivity contribution in [3.63, 3.8) is 0 Å². The van der Waals surface area contributed by atoms with E-state index < -0.39 is 20.8 Å². The van der Waals surface area contributed by atoms with Gasteiger partial charge in [-0.25, -0.2) is 8.42 Å². The molecule has 0 spiro atoms. The number of hydrogen-bond donors (Lipinski definition) is 1. The standard InChI is InChI=1S/C9H13BrN2O3S3/c10-9-8(5-7(6-11)16-9)18(14,15)12-1-3-17(13)4-2-12/h5H,1-4,6,11H2. The molecule has 1 saturated heterocycles. The lowest BCUT2D eigenvalue weighted by molar-refractivity contribution is 0.438. The fourth-order valence-corrected chi connectivity index (χ4v) is 6.91. The van der Waals surface area contributed by atoms with Crippen molar-refractivity contribution in [1.29, 1.82) is 0 Å². The van der Waals surface area contributed by atoms with Crippen LogP contribution in [0.5, 0.6) is 0 Å². The van der Waals surface area contributed by atoms with Crippen LogP contribution in [-0.4, -0.2) is 41.5 Å². The lowest BCUT2D eigenvalue weighted by Gasteiger charge is -2.25. The van der Waals surface area contributed by atoms with Crippen LogP contribution in [-0.2, 0) is 27.4 Å². The van der Waals surface area contributed by atoms with Crippen molar-refractivity contribution in [3.8, 4) is 0 Å². The van der Waals surface area contributed by atoms with Gasteiger partial charge >= 0.3 is 0 Å². The van der Waals surface area contributed by atoms with Gasteiger partial charge in [0.25, 0.3) is 0 Å². The van der Waals surface area contributed by atoms with E-state index >= 15 is 0 Å². The lowest BCUT2D eigenvalue weighted by atomic mass is 10.5. The molecular formula is C9H13BrN2O3S3. The quantitative estimate of drug-likeness (QED) is 0.847. The van der Waals surface area contributed by atoms with E-state index in [4.69, 9.17) is 5.73 Å². The summed E-state index contributed by atoms with van der Waals surface area (Å²) in [6.07, 6.45) is 0. The Balaban J connectivity index is 2.30. The van der Waals surface area contributed by atoms with Gasteiger partial charge in [0.2, 0.25) is 10.0 Å². The molecule has 2 heterocycles. The van der Waals surface area contributed by atoms with E-state index in [0.29, 0.717) is 34.9 Å². The van der Waals surface area contributed by atoms with E-state index in [9.17, 15) is 12.6 Å². The molecule has 102 valence electrons. The lowest BCUT2D eigenvalue weighted by Crippen LogP contribution is -2.41. The van der Waals surface area contributed by atoms with Gasteiger partial charge in [-0.15, -0.1) is 11.3 Å². The zero-order chi connectivity index (χ0) is 13.3. The minimum atomic E-state index is -3.50. The second-order valence-electron chi connectivity index (χ2n) is 3.81. The van der Waals surface area contributed by atoms with Gasteiger partial charge in [-0.1, -0.05) is 0 Å². The highest BCUT2D eigenvalue weighted by molar-refractivity contribution is 9.11. The summed E-state index contributed by atoms with van der Waals surface area (Å²) in [5, 5.41) is 0. The molecule has 1 aromatic rings. The molecule has 9 heteroatoms. The van der Waals surface area contributed by atoms with Gasteiger partial charge in [0.1, 0.15) is 4.90 Å². The summed E-state index contributed by atoms with van der Waals surface area (Å²) < 4.78 is 38.0. The molecule has 0 aromatic carbocycles. The summed E-state index contributed by atoms with van der Waals surface area (Å²) in [7, 11) is -4.39. The van der Waals surface area contributed by atoms with Crippen LogP contribution in [0.15, 0.2) is 14.7 Å². The first-order valence-corrected chi connectivity index (χ1v) is 9.82. The Morgan fingerprint density at radius 1 is 1.44 bits per heavy atom. The van der Waals surface area contributed by atoms with Crippen LogP contribution in [0.3, 0.4) is 0 Å². The zero-order valence-corrected chi connectivity index (χ0v) is 13.5. The highest BCUT2D eigenvalue weighted by Crippen LogP contribution is 2.33. The number of nitrogens with zero attached hydrogens (tertiary/aromatic N) is 1. The third-order valence-electron chi connectivity index (χ3n) is 2.66. The molecule has 0 amide bonds. The molecule has 0 radical (unpaired) electrons. The monoisotopic (exact) mass is 372 g/mol. The summed E-state index contributed by atoms with van der Waals surface area (Å²) in [4.78, 5) is 1.08. The molecule has 2 rings (SSSR count). The minimum absolute atomic E-state index is 0.264. The van der Waals surface area contributed by atoms with Gasteiger partial charge in [0.15, 0.2) is 0 Å². The zero-order valence-electron chi connectivity index (χ0n) is 9.46. The Hall–Kier alpha value is 0.200. The largest absolute Gasteiger partial charge is 0.326 e. The minimum Gasteiger partial charge on any atom is -0.326 e. The van der Waals surface area contributed by atoms with Crippen LogP contribution in [0.2, 0.25) is 0 Å². The van der Waals surface area contributed by atoms with Gasteiger partial charge < -0.3 is 5.73 Å². The predicted octanol–water partition coefficient (Wildman–Crippen LogP) is 0.722. The van der Waals surface area contributed by atoms with Gasteiger partial charge in [0.05, 0.1) is 3.79 Å². The van der Waals surface area contributed by atoms with Crippen molar-refractivity contribution >= 4 is 48.1 Å². The Morgan fingerprint density at radius 2 is 2.06 bits per heavy atom. The first-order valence-electron chi connectivity index (χ1n) is 5.28. The molecule has 0 saturated carbocycles. The van der Waals surface area contributed by atoms with Crippen LogP contribution in [0.25, 0.3) is 0 Å². The summed E-state index contributed by atoms with van der Waals surface area (Å²) in [5.74, 6) is 0.815. The van der Waals surface area contributed by atoms with Crippen molar-refractivity contribution in [3.05, 3.63) is 14.7 Å². The fourth-order valence-electron chi connectivity index (χ4n) is 1.67. The van der Waals surface area contributed by atoms with Crippen LogP contribution in [0, 0.1) is 0 Å². The first-order chi connectivity index (χ1) is 8.45. The molecule has 0 aliphatic carbocycles. The van der Waals surface area contributed by atoms with Crippen molar-refractivity contribution in [2.24, 2.45) is 5.73 Å². The number of halogens is 1. The molecule has 18 heavy (non-hydrogen) atoms. The van der Waals surface area contributed by atoms with Crippen molar-refractivity contribution < 1.29 is 12.6 Å². The Morgan fingerprint density at radius 3 is 2.56 bits per heavy atom. The van der Waals surface area contributed by atoms with Crippen molar-refractivity contribution in [2.45, 2.75) is 11.4 Å². The second-order valence-corrected chi connectivity index (χ2v) is 9.86. The van der Waals surface area contributed by atoms with E-state index in [1.807, 2.05) is 0 Å². The number of rotatable bonds is 3. The summed E-state index contributed by atoms with van der Waals surface area (Å²) in [6.45, 7) is 0.952. The number of thiophene rings is 1. The maximum absolute atomic E-state index is 12.4. The van der Waals surface area contributed by atoms with Crippen molar-refractivity contribution in [1.82, 2.24) is 4.31 Å². The van der Waals surface area contributed by atoms with Crippen LogP contribution in [0.4, 0.5) is 0 Å². The smallest absolute Gasteiger partial charge is 0.245 e. The van der Waals surface area contributed by atoms with Gasteiger partial charge in [-0.3, -0.25) is 4.21 Å². The summed E-state index contributed by atoms with van der Waals surface area (Å²) in [5.41, 5.74) is 5.51. The average molecular weight is 373 g/mol. The molecule has 0 unspecified atom stereocenters. The van der Waals surface area contributed by atoms with E-state index in [0.717, 1.165) is 4.88 Å². The topological polar surface area (TPSA) is 80.5 Å². The predicted molar refractivity (Wildman–Crippen MR) is 76.5 cm³/mol. The molecule has 2 N–H and O–H groups in total. The van der Waals surface area contributed by atoms with Crippen LogP contribution < -0.4 is 5.73 Å². The highest BCUT2D eigenvalue weighted by Gasteiger charge is 2.30. The average Bonchev–Trinajstić information content (AvgIpc) is 2.72. The maximum atomic E-state index is 12.4. The normalized spacial score (nSPS) is 19.2. The fraction of sp³-hybridized carbons (Fsp3) is 0.556. The van der Waals surface area contributed by atoms with E-state index in [1.54, 1.807) is 6.07 Å². The third-order valence-corrected chi connectivity index (χ3v) is 8.11. The van der Waals surface area contributed by atoms with Crippen LogP contribution in [0.1, 0.15) is 4.88 Å². The van der Waals surface area contributed by atoms with E-state index in [-0.39, 0.29) is 4.90 Å². The van der Waals surface area contributed by atoms with Crippen molar-refractivity contribution in [2.75, 3.05) is 24.6 Å².